The largest absolute Gasteiger partial charge is 0.497 e. The molecule has 0 radical (unpaired) electrons. The number of methoxy groups -OCH3 is 1. The number of aliphatic hydroxyl groups excluding tert-OH is 1. The van der Waals surface area contributed by atoms with Gasteiger partial charge in [0.05, 0.1) is 7.11 Å². The number of benzene rings is 2. The van der Waals surface area contributed by atoms with Gasteiger partial charge in [0.2, 0.25) is 0 Å². The fraction of sp³-hybridized carbons (Fsp3) is 0.391. The van der Waals surface area contributed by atoms with Crippen molar-refractivity contribution < 1.29 is 14.2 Å². The SMILES string of the molecule is COc1ccc(/C=C/CN2CCN(Cc3ccccc3F)C(CCO)C2)cc1. The molecule has 0 bridgehead atoms. The van der Waals surface area contributed by atoms with Crippen molar-refractivity contribution in [3.05, 3.63) is 71.6 Å². The Morgan fingerprint density at radius 2 is 1.93 bits per heavy atom. The van der Waals surface area contributed by atoms with Crippen LogP contribution in [0.5, 0.6) is 5.75 Å². The number of rotatable bonds is 8. The molecule has 1 fully saturated rings. The van der Waals surface area contributed by atoms with Gasteiger partial charge in [0.25, 0.3) is 0 Å². The Morgan fingerprint density at radius 1 is 1.14 bits per heavy atom. The molecule has 0 aromatic heterocycles. The number of nitrogens with zero attached hydrogens (tertiary/aromatic N) is 2. The Balaban J connectivity index is 1.55. The van der Waals surface area contributed by atoms with E-state index >= 15 is 0 Å². The van der Waals surface area contributed by atoms with Crippen molar-refractivity contribution in [2.75, 3.05) is 39.9 Å². The molecule has 0 aliphatic carbocycles. The average Bonchev–Trinajstić information content (AvgIpc) is 2.72. The van der Waals surface area contributed by atoms with Gasteiger partial charge >= 0.3 is 0 Å². The van der Waals surface area contributed by atoms with Gasteiger partial charge in [-0.15, -0.1) is 0 Å². The first kappa shape index (κ1) is 20.5. The topological polar surface area (TPSA) is 35.9 Å². The molecule has 1 aliphatic rings. The molecule has 2 aromatic rings. The first-order chi connectivity index (χ1) is 13.7. The van der Waals surface area contributed by atoms with Gasteiger partial charge in [-0.3, -0.25) is 9.80 Å². The highest BCUT2D eigenvalue weighted by Crippen LogP contribution is 2.18. The van der Waals surface area contributed by atoms with Gasteiger partial charge < -0.3 is 9.84 Å². The van der Waals surface area contributed by atoms with Gasteiger partial charge in [-0.25, -0.2) is 4.39 Å². The maximum atomic E-state index is 14.0. The number of ether oxygens (including phenoxy) is 1. The third-order valence-corrected chi connectivity index (χ3v) is 5.27. The lowest BCUT2D eigenvalue weighted by Gasteiger charge is -2.41. The highest BCUT2D eigenvalue weighted by Gasteiger charge is 2.26. The molecule has 150 valence electrons. The summed E-state index contributed by atoms with van der Waals surface area (Å²) < 4.78 is 19.2. The Labute approximate surface area is 166 Å². The van der Waals surface area contributed by atoms with Gasteiger partial charge in [0.15, 0.2) is 0 Å². The second kappa shape index (κ2) is 10.4. The Bertz CT molecular complexity index is 763. The molecule has 1 unspecified atom stereocenters. The lowest BCUT2D eigenvalue weighted by atomic mass is 10.1. The van der Waals surface area contributed by atoms with E-state index in [4.69, 9.17) is 4.74 Å². The number of piperazine rings is 1. The molecule has 1 aliphatic heterocycles. The van der Waals surface area contributed by atoms with Crippen molar-refractivity contribution in [1.29, 1.82) is 0 Å². The summed E-state index contributed by atoms with van der Waals surface area (Å²) in [4.78, 5) is 4.68. The van der Waals surface area contributed by atoms with Crippen molar-refractivity contribution in [2.45, 2.75) is 19.0 Å². The number of halogens is 1. The van der Waals surface area contributed by atoms with Gasteiger partial charge in [-0.1, -0.05) is 42.5 Å². The number of hydrogen-bond donors (Lipinski definition) is 1. The predicted octanol–water partition coefficient (Wildman–Crippen LogP) is 3.42. The number of aliphatic hydroxyl groups is 1. The van der Waals surface area contributed by atoms with Crippen LogP contribution in [0.25, 0.3) is 6.08 Å². The minimum absolute atomic E-state index is 0.147. The summed E-state index contributed by atoms with van der Waals surface area (Å²) >= 11 is 0. The fourth-order valence-corrected chi connectivity index (χ4v) is 3.65. The van der Waals surface area contributed by atoms with Crippen LogP contribution in [0, 0.1) is 5.82 Å². The van der Waals surface area contributed by atoms with Crippen LogP contribution in [0.4, 0.5) is 4.39 Å². The molecule has 0 spiro atoms. The first-order valence-electron chi connectivity index (χ1n) is 9.81. The molecule has 3 rings (SSSR count). The van der Waals surface area contributed by atoms with E-state index in [1.165, 1.54) is 6.07 Å². The zero-order chi connectivity index (χ0) is 19.8. The molecule has 4 nitrogen and oxygen atoms in total. The summed E-state index contributed by atoms with van der Waals surface area (Å²) in [6, 6.07) is 15.2. The summed E-state index contributed by atoms with van der Waals surface area (Å²) in [5.41, 5.74) is 1.86. The van der Waals surface area contributed by atoms with Crippen LogP contribution in [0.3, 0.4) is 0 Å². The van der Waals surface area contributed by atoms with E-state index < -0.39 is 0 Å². The van der Waals surface area contributed by atoms with E-state index in [2.05, 4.69) is 22.0 Å². The van der Waals surface area contributed by atoms with E-state index in [1.807, 2.05) is 36.4 Å². The predicted molar refractivity (Wildman–Crippen MR) is 111 cm³/mol. The minimum atomic E-state index is -0.157. The number of hydrogen-bond acceptors (Lipinski definition) is 4. The van der Waals surface area contributed by atoms with Gasteiger partial charge in [0, 0.05) is 50.9 Å². The average molecular weight is 384 g/mol. The second-order valence-electron chi connectivity index (χ2n) is 7.16. The van der Waals surface area contributed by atoms with Crippen LogP contribution >= 0.6 is 0 Å². The summed E-state index contributed by atoms with van der Waals surface area (Å²) in [6.45, 7) is 4.28. The van der Waals surface area contributed by atoms with Crippen molar-refractivity contribution in [3.63, 3.8) is 0 Å². The highest BCUT2D eigenvalue weighted by molar-refractivity contribution is 5.50. The van der Waals surface area contributed by atoms with E-state index in [-0.39, 0.29) is 18.5 Å². The summed E-state index contributed by atoms with van der Waals surface area (Å²) in [6.07, 6.45) is 4.99. The van der Waals surface area contributed by atoms with Crippen LogP contribution < -0.4 is 4.74 Å². The normalized spacial score (nSPS) is 18.6. The van der Waals surface area contributed by atoms with Crippen LogP contribution in [0.1, 0.15) is 17.5 Å². The van der Waals surface area contributed by atoms with Crippen LogP contribution in [-0.2, 0) is 6.54 Å². The third-order valence-electron chi connectivity index (χ3n) is 5.27. The van der Waals surface area contributed by atoms with Crippen molar-refractivity contribution in [3.8, 4) is 5.75 Å². The summed E-state index contributed by atoms with van der Waals surface area (Å²) in [7, 11) is 1.67. The van der Waals surface area contributed by atoms with Crippen LogP contribution in [0.15, 0.2) is 54.6 Å². The quantitative estimate of drug-likeness (QED) is 0.757. The van der Waals surface area contributed by atoms with Gasteiger partial charge in [-0.2, -0.15) is 0 Å². The smallest absolute Gasteiger partial charge is 0.127 e. The molecule has 0 amide bonds. The lowest BCUT2D eigenvalue weighted by molar-refractivity contribution is 0.0589. The van der Waals surface area contributed by atoms with E-state index in [0.29, 0.717) is 13.0 Å². The molecular formula is C23H29FN2O2. The van der Waals surface area contributed by atoms with Gasteiger partial charge in [-0.05, 0) is 30.2 Å². The molecule has 1 heterocycles. The molecule has 1 saturated heterocycles. The second-order valence-corrected chi connectivity index (χ2v) is 7.16. The summed E-state index contributed by atoms with van der Waals surface area (Å²) in [5, 5.41) is 9.47. The summed E-state index contributed by atoms with van der Waals surface area (Å²) in [5.74, 6) is 0.699. The molecule has 1 N–H and O–H groups in total. The zero-order valence-corrected chi connectivity index (χ0v) is 16.4. The molecule has 1 atom stereocenters. The molecule has 0 saturated carbocycles. The van der Waals surface area contributed by atoms with Crippen LogP contribution in [-0.4, -0.2) is 60.8 Å². The lowest BCUT2D eigenvalue weighted by Crippen LogP contribution is -2.52. The molecule has 2 aromatic carbocycles. The van der Waals surface area contributed by atoms with E-state index in [1.54, 1.807) is 13.2 Å². The Kier molecular flexibility index (Phi) is 7.60. The van der Waals surface area contributed by atoms with Crippen molar-refractivity contribution >= 4 is 6.08 Å². The zero-order valence-electron chi connectivity index (χ0n) is 16.4. The molecule has 28 heavy (non-hydrogen) atoms. The van der Waals surface area contributed by atoms with Gasteiger partial charge in [0.1, 0.15) is 11.6 Å². The fourth-order valence-electron chi connectivity index (χ4n) is 3.65. The minimum Gasteiger partial charge on any atom is -0.497 e. The molecule has 5 heteroatoms. The van der Waals surface area contributed by atoms with Crippen LogP contribution in [0.2, 0.25) is 0 Å². The van der Waals surface area contributed by atoms with Crippen molar-refractivity contribution in [2.24, 2.45) is 0 Å². The molecular weight excluding hydrogens is 355 g/mol. The first-order valence-corrected chi connectivity index (χ1v) is 9.81. The third kappa shape index (κ3) is 5.64. The van der Waals surface area contributed by atoms with E-state index in [0.717, 1.165) is 43.1 Å². The highest BCUT2D eigenvalue weighted by atomic mass is 19.1. The Hall–Kier alpha value is -2.21. The maximum Gasteiger partial charge on any atom is 0.127 e. The maximum absolute atomic E-state index is 14.0. The van der Waals surface area contributed by atoms with E-state index in [9.17, 15) is 9.50 Å². The Morgan fingerprint density at radius 3 is 2.64 bits per heavy atom. The van der Waals surface area contributed by atoms with Crippen molar-refractivity contribution in [1.82, 2.24) is 9.80 Å². The monoisotopic (exact) mass is 384 g/mol. The standard InChI is InChI=1S/C23H29FN2O2/c1-28-22-10-8-19(9-11-22)5-4-13-25-14-15-26(21(18-25)12-16-27)17-20-6-2-3-7-23(20)24/h2-11,21,27H,12-18H2,1H3/b5-4+.